The third kappa shape index (κ3) is 5.83. The van der Waals surface area contributed by atoms with Gasteiger partial charge in [0.2, 0.25) is 11.7 Å². The normalized spacial score (nSPS) is 27.9. The number of hydrogen-bond donors (Lipinski definition) is 5. The molecule has 2 aromatic rings. The molecule has 3 amide bonds. The molecule has 0 bridgehead atoms. The Morgan fingerprint density at radius 3 is 2.67 bits per heavy atom. The van der Waals surface area contributed by atoms with E-state index in [9.17, 15) is 24.6 Å². The number of rotatable bonds is 6. The third-order valence-corrected chi connectivity index (χ3v) is 8.18. The van der Waals surface area contributed by atoms with Crippen molar-refractivity contribution in [2.24, 2.45) is 11.8 Å². The molecule has 1 saturated carbocycles. The van der Waals surface area contributed by atoms with Gasteiger partial charge in [-0.1, -0.05) is 5.92 Å². The van der Waals surface area contributed by atoms with E-state index in [1.54, 1.807) is 4.90 Å². The zero-order valence-electron chi connectivity index (χ0n) is 22.9. The van der Waals surface area contributed by atoms with Crippen molar-refractivity contribution in [2.75, 3.05) is 32.0 Å². The number of carbonyl (C=O) groups excluding carboxylic acids is 3. The molecule has 3 aliphatic heterocycles. The van der Waals surface area contributed by atoms with Gasteiger partial charge in [-0.25, -0.2) is 19.7 Å². The first-order valence-corrected chi connectivity index (χ1v) is 14.3. The van der Waals surface area contributed by atoms with E-state index in [-0.39, 0.29) is 53.2 Å². The highest BCUT2D eigenvalue weighted by Crippen LogP contribution is 2.33. The summed E-state index contributed by atoms with van der Waals surface area (Å²) >= 11 is 0. The van der Waals surface area contributed by atoms with E-state index in [0.717, 1.165) is 25.7 Å². The van der Waals surface area contributed by atoms with Crippen LogP contribution in [-0.4, -0.2) is 103 Å². The Kier molecular flexibility index (Phi) is 7.84. The summed E-state index contributed by atoms with van der Waals surface area (Å²) in [5.41, 5.74) is 6.66. The van der Waals surface area contributed by atoms with E-state index in [4.69, 9.17) is 15.2 Å². The Labute approximate surface area is 241 Å². The summed E-state index contributed by atoms with van der Waals surface area (Å²) in [6.45, 7) is 1.81. The van der Waals surface area contributed by atoms with Crippen LogP contribution >= 0.6 is 0 Å². The molecule has 6 N–H and O–H groups in total. The fourth-order valence-corrected chi connectivity index (χ4v) is 5.46. The molecule has 1 unspecified atom stereocenters. The van der Waals surface area contributed by atoms with Crippen LogP contribution < -0.4 is 16.4 Å². The average molecular weight is 583 g/mol. The lowest BCUT2D eigenvalue weighted by atomic mass is 9.94. The molecule has 15 heteroatoms. The lowest BCUT2D eigenvalue weighted by Crippen LogP contribution is -2.43. The van der Waals surface area contributed by atoms with Crippen molar-refractivity contribution in [1.29, 1.82) is 0 Å². The smallest absolute Gasteiger partial charge is 0.409 e. The number of nitrogens with one attached hydrogen (secondary N) is 2. The first-order valence-electron chi connectivity index (χ1n) is 14.3. The number of piperidine rings is 1. The number of nitrogens with zero attached hydrogens (tertiary/aromatic N) is 5. The lowest BCUT2D eigenvalue weighted by molar-refractivity contribution is -0.137. The molecular weight excluding hydrogens is 548 g/mol. The first kappa shape index (κ1) is 28.1. The molecule has 4 fully saturated rings. The molecule has 3 saturated heterocycles. The van der Waals surface area contributed by atoms with Gasteiger partial charge in [-0.3, -0.25) is 14.2 Å². The number of aliphatic hydroxyl groups excluding tert-OH is 2. The zero-order valence-corrected chi connectivity index (χ0v) is 22.9. The summed E-state index contributed by atoms with van der Waals surface area (Å²) in [5, 5.41) is 26.7. The highest BCUT2D eigenvalue weighted by Gasteiger charge is 2.48. The molecule has 2 aromatic heterocycles. The van der Waals surface area contributed by atoms with Gasteiger partial charge in [0, 0.05) is 32.1 Å². The molecule has 0 radical (unpaired) electrons. The standard InChI is InChI=1S/C27H34N8O7/c28-22-18-23(35(13-30-18)26-20(37)19(36)21(42-26)25(39)31-16-4-5-16)33-17(32-22)3-1-2-14-7-10-34(11-8-14)27(40)41-12-15-6-9-29-24(15)38/h13-16,19-21,26,36-37H,2,4-12H2,(H,29,38)(H,31,39)(H2,28,32,33)/t15?,19-,20+,21-,26+/m0/s1. The molecule has 0 spiro atoms. The van der Waals surface area contributed by atoms with Crippen molar-refractivity contribution >= 4 is 34.9 Å². The molecule has 4 aliphatic rings. The minimum atomic E-state index is -1.42. The van der Waals surface area contributed by atoms with Gasteiger partial charge in [-0.05, 0) is 43.9 Å². The number of nitrogens with two attached hydrogens (primary N) is 1. The van der Waals surface area contributed by atoms with E-state index in [2.05, 4.69) is 37.4 Å². The number of carbonyl (C=O) groups is 3. The summed E-state index contributed by atoms with van der Waals surface area (Å²) in [4.78, 5) is 51.1. The first-order chi connectivity index (χ1) is 20.3. The van der Waals surface area contributed by atoms with E-state index >= 15 is 0 Å². The molecule has 1 aliphatic carbocycles. The zero-order chi connectivity index (χ0) is 29.4. The van der Waals surface area contributed by atoms with Crippen LogP contribution in [0.2, 0.25) is 0 Å². The van der Waals surface area contributed by atoms with Crippen LogP contribution in [0, 0.1) is 23.7 Å². The molecule has 6 rings (SSSR count). The number of hydrogen-bond acceptors (Lipinski definition) is 11. The van der Waals surface area contributed by atoms with Crippen molar-refractivity contribution in [3.8, 4) is 11.8 Å². The van der Waals surface area contributed by atoms with Crippen molar-refractivity contribution in [3.63, 3.8) is 0 Å². The number of fused-ring (bicyclic) bond motifs is 1. The van der Waals surface area contributed by atoms with Gasteiger partial charge >= 0.3 is 6.09 Å². The van der Waals surface area contributed by atoms with Crippen molar-refractivity contribution in [2.45, 2.75) is 69.1 Å². The Balaban J connectivity index is 1.06. The Hall–Kier alpha value is -4.00. The molecular formula is C27H34N8O7. The quantitative estimate of drug-likeness (QED) is 0.262. The van der Waals surface area contributed by atoms with Crippen molar-refractivity contribution < 1.29 is 34.1 Å². The van der Waals surface area contributed by atoms with E-state index in [1.807, 2.05) is 0 Å². The van der Waals surface area contributed by atoms with Gasteiger partial charge in [0.1, 0.15) is 24.3 Å². The molecule has 5 heterocycles. The minimum absolute atomic E-state index is 0.0699. The fraction of sp³-hybridized carbons (Fsp3) is 0.630. The maximum absolute atomic E-state index is 12.5. The highest BCUT2D eigenvalue weighted by molar-refractivity contribution is 5.83. The predicted octanol–water partition coefficient (Wildman–Crippen LogP) is -0.967. The molecule has 0 aromatic carbocycles. The van der Waals surface area contributed by atoms with Crippen molar-refractivity contribution in [3.05, 3.63) is 12.2 Å². The highest BCUT2D eigenvalue weighted by atomic mass is 16.6. The van der Waals surface area contributed by atoms with Crippen LogP contribution in [0.3, 0.4) is 0 Å². The summed E-state index contributed by atoms with van der Waals surface area (Å²) in [5.74, 6) is 5.77. The van der Waals surface area contributed by atoms with Crippen LogP contribution in [0.5, 0.6) is 0 Å². The average Bonchev–Trinajstić information content (AvgIpc) is 3.40. The van der Waals surface area contributed by atoms with E-state index in [0.29, 0.717) is 32.5 Å². The molecule has 15 nitrogen and oxygen atoms in total. The summed E-state index contributed by atoms with van der Waals surface area (Å²) in [6, 6.07) is 0.0774. The minimum Gasteiger partial charge on any atom is -0.449 e. The monoisotopic (exact) mass is 582 g/mol. The molecule has 5 atom stereocenters. The summed E-state index contributed by atoms with van der Waals surface area (Å²) in [7, 11) is 0. The summed E-state index contributed by atoms with van der Waals surface area (Å²) < 4.78 is 12.5. The van der Waals surface area contributed by atoms with Crippen LogP contribution in [-0.2, 0) is 19.1 Å². The van der Waals surface area contributed by atoms with Gasteiger partial charge < -0.3 is 41.0 Å². The van der Waals surface area contributed by atoms with E-state index in [1.165, 1.54) is 10.9 Å². The van der Waals surface area contributed by atoms with Gasteiger partial charge in [-0.15, -0.1) is 0 Å². The lowest BCUT2D eigenvalue weighted by Gasteiger charge is -2.30. The van der Waals surface area contributed by atoms with Gasteiger partial charge in [0.25, 0.3) is 5.91 Å². The number of anilines is 1. The Morgan fingerprint density at radius 1 is 1.17 bits per heavy atom. The number of ether oxygens (including phenoxy) is 2. The second-order valence-corrected chi connectivity index (χ2v) is 11.3. The van der Waals surface area contributed by atoms with Gasteiger partial charge in [0.05, 0.1) is 12.2 Å². The summed E-state index contributed by atoms with van der Waals surface area (Å²) in [6.07, 6.45) is 0.339. The largest absolute Gasteiger partial charge is 0.449 e. The van der Waals surface area contributed by atoms with Crippen LogP contribution in [0.1, 0.15) is 50.6 Å². The van der Waals surface area contributed by atoms with Crippen LogP contribution in [0.25, 0.3) is 11.2 Å². The topological polar surface area (TPSA) is 207 Å². The molecule has 224 valence electrons. The van der Waals surface area contributed by atoms with E-state index < -0.39 is 36.5 Å². The second-order valence-electron chi connectivity index (χ2n) is 11.3. The number of imidazole rings is 1. The predicted molar refractivity (Wildman–Crippen MR) is 145 cm³/mol. The fourth-order valence-electron chi connectivity index (χ4n) is 5.46. The number of amides is 3. The Bertz CT molecular complexity index is 1420. The maximum atomic E-state index is 12.5. The van der Waals surface area contributed by atoms with Crippen LogP contribution in [0.15, 0.2) is 6.33 Å². The third-order valence-electron chi connectivity index (χ3n) is 8.18. The second kappa shape index (κ2) is 11.7. The SMILES string of the molecule is Nc1nc(C#CCC2CCN(C(=O)OCC3CCNC3=O)CC2)nc2c1ncn2[C@@H]1O[C@H](C(=O)NC2CC2)[C@@H](O)[C@H]1O. The van der Waals surface area contributed by atoms with Gasteiger partial charge in [-0.2, -0.15) is 0 Å². The number of aliphatic hydroxyl groups is 2. The molecule has 42 heavy (non-hydrogen) atoms. The number of nitrogen functional groups attached to an aromatic ring is 1. The number of aromatic nitrogens is 4. The Morgan fingerprint density at radius 2 is 1.95 bits per heavy atom. The maximum Gasteiger partial charge on any atom is 0.409 e. The van der Waals surface area contributed by atoms with Crippen LogP contribution in [0.4, 0.5) is 10.6 Å². The van der Waals surface area contributed by atoms with Crippen molar-refractivity contribution in [1.82, 2.24) is 35.1 Å². The number of likely N-dealkylation sites (tertiary alicyclic amines) is 1. The van der Waals surface area contributed by atoms with Gasteiger partial charge in [0.15, 0.2) is 23.8 Å².